The number of rotatable bonds is 6. The number of hydrogen-bond acceptors (Lipinski definition) is 3. The summed E-state index contributed by atoms with van der Waals surface area (Å²) in [5.41, 5.74) is 5.74. The van der Waals surface area contributed by atoms with E-state index in [4.69, 9.17) is 10.5 Å². The van der Waals surface area contributed by atoms with Gasteiger partial charge in [0.05, 0.1) is 12.6 Å². The van der Waals surface area contributed by atoms with Crippen LogP contribution in [-0.2, 0) is 9.53 Å². The monoisotopic (exact) mass is 270 g/mol. The number of nitrogens with two attached hydrogens (primary N) is 1. The van der Waals surface area contributed by atoms with Gasteiger partial charge in [0.2, 0.25) is 0 Å². The van der Waals surface area contributed by atoms with Gasteiger partial charge >= 0.3 is 0 Å². The Bertz CT molecular complexity index is 318. The second-order valence-electron chi connectivity index (χ2n) is 5.06. The zero-order chi connectivity index (χ0) is 14.3. The minimum atomic E-state index is -0.315. The Labute approximate surface area is 115 Å². The maximum atomic E-state index is 11.7. The molecule has 0 aromatic carbocycles. The fraction of sp³-hybridized carbons (Fsp3) is 0.846. The normalized spacial score (nSPS) is 23.4. The SMILES string of the molecule is CCCCNC(N)=NCC1CCC(C(=O)N(C)C)O1. The van der Waals surface area contributed by atoms with Crippen molar-refractivity contribution >= 4 is 11.9 Å². The van der Waals surface area contributed by atoms with E-state index in [9.17, 15) is 4.79 Å². The van der Waals surface area contributed by atoms with Gasteiger partial charge in [-0.1, -0.05) is 13.3 Å². The van der Waals surface area contributed by atoms with Crippen LogP contribution < -0.4 is 11.1 Å². The van der Waals surface area contributed by atoms with E-state index in [1.54, 1.807) is 19.0 Å². The second-order valence-corrected chi connectivity index (χ2v) is 5.06. The molecule has 0 spiro atoms. The first kappa shape index (κ1) is 15.8. The van der Waals surface area contributed by atoms with Crippen LogP contribution in [0.4, 0.5) is 0 Å². The van der Waals surface area contributed by atoms with Gasteiger partial charge in [0.25, 0.3) is 5.91 Å². The van der Waals surface area contributed by atoms with Crippen LogP contribution in [0.1, 0.15) is 32.6 Å². The Morgan fingerprint density at radius 1 is 1.47 bits per heavy atom. The number of aliphatic imine (C=N–C) groups is 1. The molecule has 0 aromatic heterocycles. The number of nitrogens with one attached hydrogen (secondary N) is 1. The van der Waals surface area contributed by atoms with Gasteiger partial charge in [-0.05, 0) is 19.3 Å². The summed E-state index contributed by atoms with van der Waals surface area (Å²) in [5, 5.41) is 3.06. The van der Waals surface area contributed by atoms with E-state index in [0.29, 0.717) is 12.5 Å². The molecule has 3 N–H and O–H groups in total. The standard InChI is InChI=1S/C13H26N4O2/c1-4-5-8-15-13(14)16-9-10-6-7-11(19-10)12(18)17(2)3/h10-11H,4-9H2,1-3H3,(H3,14,15,16). The quantitative estimate of drug-likeness (QED) is 0.414. The lowest BCUT2D eigenvalue weighted by molar-refractivity contribution is -0.140. The average molecular weight is 270 g/mol. The first-order valence-electron chi connectivity index (χ1n) is 6.95. The van der Waals surface area contributed by atoms with E-state index < -0.39 is 0 Å². The van der Waals surface area contributed by atoms with Crippen LogP contribution in [0.25, 0.3) is 0 Å². The molecule has 2 atom stereocenters. The lowest BCUT2D eigenvalue weighted by atomic mass is 10.2. The number of amides is 1. The number of ether oxygens (including phenoxy) is 1. The van der Waals surface area contributed by atoms with Crippen LogP contribution in [0.2, 0.25) is 0 Å². The van der Waals surface area contributed by atoms with Crippen molar-refractivity contribution in [1.29, 1.82) is 0 Å². The highest BCUT2D eigenvalue weighted by molar-refractivity contribution is 5.80. The molecule has 1 rings (SSSR count). The summed E-state index contributed by atoms with van der Waals surface area (Å²) in [6, 6.07) is 0. The Kier molecular flexibility index (Phi) is 6.62. The molecule has 19 heavy (non-hydrogen) atoms. The summed E-state index contributed by atoms with van der Waals surface area (Å²) >= 11 is 0. The molecule has 1 saturated heterocycles. The first-order chi connectivity index (χ1) is 9.04. The van der Waals surface area contributed by atoms with Gasteiger partial charge in [-0.25, -0.2) is 0 Å². The van der Waals surface area contributed by atoms with E-state index in [1.807, 2.05) is 0 Å². The smallest absolute Gasteiger partial charge is 0.251 e. The first-order valence-corrected chi connectivity index (χ1v) is 6.95. The molecule has 2 unspecified atom stereocenters. The molecular weight excluding hydrogens is 244 g/mol. The zero-order valence-corrected chi connectivity index (χ0v) is 12.2. The summed E-state index contributed by atoms with van der Waals surface area (Å²) in [4.78, 5) is 17.5. The van der Waals surface area contributed by atoms with Crippen LogP contribution in [0, 0.1) is 0 Å². The van der Waals surface area contributed by atoms with Crippen LogP contribution in [0.5, 0.6) is 0 Å². The molecule has 0 radical (unpaired) electrons. The zero-order valence-electron chi connectivity index (χ0n) is 12.2. The van der Waals surface area contributed by atoms with Crippen LogP contribution in [-0.4, -0.2) is 56.2 Å². The molecule has 1 heterocycles. The second kappa shape index (κ2) is 7.99. The number of hydrogen-bond donors (Lipinski definition) is 2. The molecule has 0 bridgehead atoms. The predicted molar refractivity (Wildman–Crippen MR) is 76.0 cm³/mol. The van der Waals surface area contributed by atoms with Gasteiger partial charge in [-0.15, -0.1) is 0 Å². The summed E-state index contributed by atoms with van der Waals surface area (Å²) in [6.07, 6.45) is 3.51. The molecule has 1 aliphatic heterocycles. The van der Waals surface area contributed by atoms with Gasteiger partial charge in [-0.2, -0.15) is 0 Å². The fourth-order valence-electron chi connectivity index (χ4n) is 1.96. The third kappa shape index (κ3) is 5.46. The third-order valence-corrected chi connectivity index (χ3v) is 3.13. The van der Waals surface area contributed by atoms with Crippen molar-refractivity contribution in [2.75, 3.05) is 27.2 Å². The van der Waals surface area contributed by atoms with E-state index in [0.717, 1.165) is 32.2 Å². The van der Waals surface area contributed by atoms with E-state index >= 15 is 0 Å². The molecular formula is C13H26N4O2. The molecule has 1 aliphatic rings. The van der Waals surface area contributed by atoms with E-state index in [2.05, 4.69) is 17.2 Å². The van der Waals surface area contributed by atoms with Crippen molar-refractivity contribution in [3.8, 4) is 0 Å². The highest BCUT2D eigenvalue weighted by atomic mass is 16.5. The Balaban J connectivity index is 2.28. The summed E-state index contributed by atoms with van der Waals surface area (Å²) in [6.45, 7) is 3.49. The molecule has 110 valence electrons. The summed E-state index contributed by atoms with van der Waals surface area (Å²) in [7, 11) is 3.49. The Morgan fingerprint density at radius 2 is 2.21 bits per heavy atom. The maximum Gasteiger partial charge on any atom is 0.251 e. The van der Waals surface area contributed by atoms with Crippen molar-refractivity contribution in [3.05, 3.63) is 0 Å². The predicted octanol–water partition coefficient (Wildman–Crippen LogP) is 0.327. The van der Waals surface area contributed by atoms with Crippen molar-refractivity contribution in [1.82, 2.24) is 10.2 Å². The van der Waals surface area contributed by atoms with Crippen molar-refractivity contribution in [2.24, 2.45) is 10.7 Å². The fourth-order valence-corrected chi connectivity index (χ4v) is 1.96. The molecule has 0 aromatic rings. The highest BCUT2D eigenvalue weighted by Gasteiger charge is 2.31. The van der Waals surface area contributed by atoms with Gasteiger partial charge in [-0.3, -0.25) is 9.79 Å². The maximum absolute atomic E-state index is 11.7. The van der Waals surface area contributed by atoms with Crippen LogP contribution in [0.3, 0.4) is 0 Å². The van der Waals surface area contributed by atoms with Gasteiger partial charge < -0.3 is 20.7 Å². The van der Waals surface area contributed by atoms with Gasteiger partial charge in [0.15, 0.2) is 5.96 Å². The van der Waals surface area contributed by atoms with Crippen molar-refractivity contribution < 1.29 is 9.53 Å². The minimum Gasteiger partial charge on any atom is -0.370 e. The molecule has 6 heteroatoms. The van der Waals surface area contributed by atoms with Crippen LogP contribution >= 0.6 is 0 Å². The molecule has 0 saturated carbocycles. The lowest BCUT2D eigenvalue weighted by Gasteiger charge is -2.16. The molecule has 0 aliphatic carbocycles. The number of carbonyl (C=O) groups is 1. The number of likely N-dealkylation sites (N-methyl/N-ethyl adjacent to an activating group) is 1. The number of guanidine groups is 1. The number of carbonyl (C=O) groups excluding carboxylic acids is 1. The van der Waals surface area contributed by atoms with Crippen molar-refractivity contribution in [3.63, 3.8) is 0 Å². The van der Waals surface area contributed by atoms with Gasteiger partial charge in [0.1, 0.15) is 6.10 Å². The number of nitrogens with zero attached hydrogens (tertiary/aromatic N) is 2. The summed E-state index contributed by atoms with van der Waals surface area (Å²) in [5.74, 6) is 0.486. The molecule has 6 nitrogen and oxygen atoms in total. The van der Waals surface area contributed by atoms with E-state index in [1.165, 1.54) is 0 Å². The third-order valence-electron chi connectivity index (χ3n) is 3.13. The highest BCUT2D eigenvalue weighted by Crippen LogP contribution is 2.21. The topological polar surface area (TPSA) is 79.9 Å². The Morgan fingerprint density at radius 3 is 2.84 bits per heavy atom. The van der Waals surface area contributed by atoms with Crippen LogP contribution in [0.15, 0.2) is 4.99 Å². The Hall–Kier alpha value is -1.30. The number of unbranched alkanes of at least 4 members (excludes halogenated alkanes) is 1. The minimum absolute atomic E-state index is 0.000394. The molecule has 1 fully saturated rings. The largest absolute Gasteiger partial charge is 0.370 e. The average Bonchev–Trinajstić information content (AvgIpc) is 2.84. The van der Waals surface area contributed by atoms with Gasteiger partial charge in [0, 0.05) is 20.6 Å². The summed E-state index contributed by atoms with van der Waals surface area (Å²) < 4.78 is 5.68. The molecule has 1 amide bonds. The van der Waals surface area contributed by atoms with E-state index in [-0.39, 0.29) is 18.1 Å². The lowest BCUT2D eigenvalue weighted by Crippen LogP contribution is -2.35. The van der Waals surface area contributed by atoms with Crippen molar-refractivity contribution in [2.45, 2.75) is 44.8 Å².